The van der Waals surface area contributed by atoms with Gasteiger partial charge in [-0.1, -0.05) is 0 Å². The zero-order chi connectivity index (χ0) is 23.5. The Bertz CT molecular complexity index is 1150. The molecule has 2 aromatic heterocycles. The highest BCUT2D eigenvalue weighted by Gasteiger charge is 2.45. The SMILES string of the molecule is CCOc1ccc(/C=N\Nc2nc3c(N)ncnc3n2[C@H]2O[C@@H](CO)[C@@H](O)[C@@H]2O)cc1OC. The van der Waals surface area contributed by atoms with E-state index in [9.17, 15) is 15.3 Å². The number of aliphatic hydroxyl groups excluding tert-OH is 3. The summed E-state index contributed by atoms with van der Waals surface area (Å²) in [4.78, 5) is 12.5. The van der Waals surface area contributed by atoms with Gasteiger partial charge in [0.15, 0.2) is 34.7 Å². The first kappa shape index (κ1) is 22.7. The van der Waals surface area contributed by atoms with Gasteiger partial charge in [-0.05, 0) is 30.7 Å². The third kappa shape index (κ3) is 4.26. The number of nitrogens with two attached hydrogens (primary N) is 1. The topological polar surface area (TPSA) is 182 Å². The summed E-state index contributed by atoms with van der Waals surface area (Å²) in [6.07, 6.45) is -1.95. The van der Waals surface area contributed by atoms with Gasteiger partial charge >= 0.3 is 0 Å². The Morgan fingerprint density at radius 2 is 2.09 bits per heavy atom. The maximum atomic E-state index is 10.5. The molecule has 3 heterocycles. The lowest BCUT2D eigenvalue weighted by molar-refractivity contribution is -0.0501. The monoisotopic (exact) mass is 459 g/mol. The summed E-state index contributed by atoms with van der Waals surface area (Å²) in [6, 6.07) is 5.33. The van der Waals surface area contributed by atoms with Gasteiger partial charge < -0.3 is 35.3 Å². The summed E-state index contributed by atoms with van der Waals surface area (Å²) < 4.78 is 17.9. The average Bonchev–Trinajstić information content (AvgIpc) is 3.32. The normalized spacial score (nSPS) is 22.8. The van der Waals surface area contributed by atoms with Gasteiger partial charge in [0.25, 0.3) is 0 Å². The first-order valence-corrected chi connectivity index (χ1v) is 10.2. The van der Waals surface area contributed by atoms with Gasteiger partial charge in [0.05, 0.1) is 26.5 Å². The fourth-order valence-electron chi connectivity index (χ4n) is 3.54. The van der Waals surface area contributed by atoms with Gasteiger partial charge in [0.1, 0.15) is 24.6 Å². The number of rotatable bonds is 8. The lowest BCUT2D eigenvalue weighted by atomic mass is 10.1. The van der Waals surface area contributed by atoms with E-state index >= 15 is 0 Å². The van der Waals surface area contributed by atoms with E-state index < -0.39 is 31.1 Å². The van der Waals surface area contributed by atoms with Crippen molar-refractivity contribution in [3.63, 3.8) is 0 Å². The van der Waals surface area contributed by atoms with Crippen LogP contribution in [0, 0.1) is 0 Å². The predicted octanol–water partition coefficient (Wildman–Crippen LogP) is -0.127. The highest BCUT2D eigenvalue weighted by Crippen LogP contribution is 2.35. The van der Waals surface area contributed by atoms with Crippen LogP contribution < -0.4 is 20.6 Å². The largest absolute Gasteiger partial charge is 0.493 e. The number of hydrogen-bond donors (Lipinski definition) is 5. The summed E-state index contributed by atoms with van der Waals surface area (Å²) in [7, 11) is 1.55. The van der Waals surface area contributed by atoms with E-state index in [2.05, 4.69) is 25.5 Å². The molecule has 4 atom stereocenters. The molecule has 0 radical (unpaired) electrons. The van der Waals surface area contributed by atoms with Crippen molar-refractivity contribution in [2.45, 2.75) is 31.5 Å². The van der Waals surface area contributed by atoms with Crippen molar-refractivity contribution < 1.29 is 29.5 Å². The minimum absolute atomic E-state index is 0.119. The van der Waals surface area contributed by atoms with Crippen LogP contribution in [0.15, 0.2) is 29.6 Å². The zero-order valence-electron chi connectivity index (χ0n) is 18.0. The number of nitrogens with one attached hydrogen (secondary N) is 1. The minimum Gasteiger partial charge on any atom is -0.493 e. The van der Waals surface area contributed by atoms with Crippen LogP contribution in [-0.4, -0.2) is 79.7 Å². The molecule has 4 rings (SSSR count). The molecule has 0 bridgehead atoms. The highest BCUT2D eigenvalue weighted by molar-refractivity contribution is 5.85. The Morgan fingerprint density at radius 1 is 1.27 bits per heavy atom. The van der Waals surface area contributed by atoms with Crippen LogP contribution in [0.2, 0.25) is 0 Å². The molecule has 1 aromatic carbocycles. The Balaban J connectivity index is 1.66. The molecule has 1 fully saturated rings. The molecule has 1 aliphatic heterocycles. The summed E-state index contributed by atoms with van der Waals surface area (Å²) in [5, 5.41) is 34.3. The van der Waals surface area contributed by atoms with Crippen molar-refractivity contribution in [3.8, 4) is 11.5 Å². The van der Waals surface area contributed by atoms with Crippen molar-refractivity contribution in [3.05, 3.63) is 30.1 Å². The van der Waals surface area contributed by atoms with Gasteiger partial charge in [0.2, 0.25) is 5.95 Å². The third-order valence-electron chi connectivity index (χ3n) is 5.14. The molecule has 0 unspecified atom stereocenters. The van der Waals surface area contributed by atoms with Crippen LogP contribution in [0.3, 0.4) is 0 Å². The number of ether oxygens (including phenoxy) is 3. The number of aliphatic hydroxyl groups is 3. The van der Waals surface area contributed by atoms with Crippen molar-refractivity contribution in [2.24, 2.45) is 5.10 Å². The molecule has 0 spiro atoms. The second-order valence-electron chi connectivity index (χ2n) is 7.18. The van der Waals surface area contributed by atoms with E-state index in [4.69, 9.17) is 19.9 Å². The molecule has 33 heavy (non-hydrogen) atoms. The molecule has 13 nitrogen and oxygen atoms in total. The number of hydrazone groups is 1. The average molecular weight is 459 g/mol. The number of methoxy groups -OCH3 is 1. The Kier molecular flexibility index (Phi) is 6.55. The number of nitrogen functional groups attached to an aromatic ring is 1. The second-order valence-corrected chi connectivity index (χ2v) is 7.18. The van der Waals surface area contributed by atoms with Crippen LogP contribution in [0.25, 0.3) is 11.2 Å². The van der Waals surface area contributed by atoms with E-state index in [0.29, 0.717) is 18.1 Å². The van der Waals surface area contributed by atoms with E-state index in [1.54, 1.807) is 25.3 Å². The van der Waals surface area contributed by atoms with Gasteiger partial charge in [-0.3, -0.25) is 4.57 Å². The predicted molar refractivity (Wildman–Crippen MR) is 118 cm³/mol. The zero-order valence-corrected chi connectivity index (χ0v) is 18.0. The van der Waals surface area contributed by atoms with Gasteiger partial charge in [-0.25, -0.2) is 20.4 Å². The standard InChI is InChI=1S/C20H25N7O6/c1-3-32-11-5-4-10(6-12(11)31-2)7-24-26-20-25-14-17(21)22-9-23-18(14)27(20)19-16(30)15(29)13(8-28)33-19/h4-7,9,13,15-16,19,28-30H,3,8H2,1-2H3,(H,25,26)(H2,21,22,23)/b24-7-/t13-,15+,16-,19-/m0/s1. The molecule has 0 amide bonds. The number of aromatic nitrogens is 4. The number of anilines is 2. The van der Waals surface area contributed by atoms with Crippen LogP contribution in [0.4, 0.5) is 11.8 Å². The molecule has 3 aromatic rings. The molecule has 1 saturated heterocycles. The quantitative estimate of drug-likeness (QED) is 0.223. The molecule has 0 saturated carbocycles. The third-order valence-corrected chi connectivity index (χ3v) is 5.14. The maximum absolute atomic E-state index is 10.5. The molecular weight excluding hydrogens is 434 g/mol. The molecule has 0 aliphatic carbocycles. The van der Waals surface area contributed by atoms with Gasteiger partial charge in [0, 0.05) is 0 Å². The number of hydrogen-bond acceptors (Lipinski definition) is 12. The second kappa shape index (κ2) is 9.54. The van der Waals surface area contributed by atoms with E-state index in [0.717, 1.165) is 5.56 Å². The number of nitrogens with zero attached hydrogens (tertiary/aromatic N) is 5. The first-order valence-electron chi connectivity index (χ1n) is 10.2. The Morgan fingerprint density at radius 3 is 2.79 bits per heavy atom. The lowest BCUT2D eigenvalue weighted by Crippen LogP contribution is -2.33. The van der Waals surface area contributed by atoms with Crippen LogP contribution in [0.5, 0.6) is 11.5 Å². The van der Waals surface area contributed by atoms with Crippen LogP contribution >= 0.6 is 0 Å². The summed E-state index contributed by atoms with van der Waals surface area (Å²) >= 11 is 0. The Hall–Kier alpha value is -3.52. The fraction of sp³-hybridized carbons (Fsp3) is 0.400. The molecule has 1 aliphatic rings. The number of imidazole rings is 1. The first-order chi connectivity index (χ1) is 16.0. The molecular formula is C20H25N7O6. The fourth-order valence-corrected chi connectivity index (χ4v) is 3.54. The summed E-state index contributed by atoms with van der Waals surface area (Å²) in [6.45, 7) is 1.92. The van der Waals surface area contributed by atoms with Crippen molar-refractivity contribution in [1.82, 2.24) is 19.5 Å². The summed E-state index contributed by atoms with van der Waals surface area (Å²) in [5.74, 6) is 1.43. The van der Waals surface area contributed by atoms with Crippen LogP contribution in [0.1, 0.15) is 18.7 Å². The molecule has 6 N–H and O–H groups in total. The molecule has 13 heteroatoms. The minimum atomic E-state index is -1.35. The van der Waals surface area contributed by atoms with Crippen molar-refractivity contribution in [2.75, 3.05) is 31.5 Å². The number of fused-ring (bicyclic) bond motifs is 1. The van der Waals surface area contributed by atoms with Crippen molar-refractivity contribution in [1.29, 1.82) is 0 Å². The van der Waals surface area contributed by atoms with E-state index in [-0.39, 0.29) is 22.9 Å². The maximum Gasteiger partial charge on any atom is 0.228 e. The van der Waals surface area contributed by atoms with Gasteiger partial charge in [-0.15, -0.1) is 0 Å². The van der Waals surface area contributed by atoms with Crippen LogP contribution in [-0.2, 0) is 4.74 Å². The number of benzene rings is 1. The summed E-state index contributed by atoms with van der Waals surface area (Å²) in [5.41, 5.74) is 9.96. The van der Waals surface area contributed by atoms with Crippen molar-refractivity contribution >= 4 is 29.1 Å². The Labute approximate surface area is 188 Å². The van der Waals surface area contributed by atoms with Gasteiger partial charge in [-0.2, -0.15) is 5.10 Å². The highest BCUT2D eigenvalue weighted by atomic mass is 16.6. The molecule has 176 valence electrons. The lowest BCUT2D eigenvalue weighted by Gasteiger charge is -2.18. The van der Waals surface area contributed by atoms with E-state index in [1.807, 2.05) is 6.92 Å². The smallest absolute Gasteiger partial charge is 0.228 e. The van der Waals surface area contributed by atoms with E-state index in [1.165, 1.54) is 17.1 Å².